The van der Waals surface area contributed by atoms with Gasteiger partial charge in [0.15, 0.2) is 0 Å². The van der Waals surface area contributed by atoms with Crippen LogP contribution in [0.1, 0.15) is 29.7 Å². The number of methoxy groups -OCH3 is 1. The highest BCUT2D eigenvalue weighted by Gasteiger charge is 2.36. The zero-order valence-electron chi connectivity index (χ0n) is 20.9. The van der Waals surface area contributed by atoms with Gasteiger partial charge in [-0.05, 0) is 38.5 Å². The Morgan fingerprint density at radius 2 is 1.83 bits per heavy atom. The van der Waals surface area contributed by atoms with Crippen molar-refractivity contribution in [2.45, 2.75) is 26.8 Å². The number of ether oxygens (including phenoxy) is 2. The number of piperazine rings is 1. The average Bonchev–Trinajstić information content (AvgIpc) is 2.84. The fourth-order valence-corrected chi connectivity index (χ4v) is 4.86. The molecule has 2 N–H and O–H groups in total. The van der Waals surface area contributed by atoms with Crippen LogP contribution in [-0.4, -0.2) is 63.3 Å². The molecule has 8 heteroatoms. The van der Waals surface area contributed by atoms with Gasteiger partial charge in [-0.2, -0.15) is 0 Å². The molecule has 0 saturated carbocycles. The van der Waals surface area contributed by atoms with Crippen molar-refractivity contribution >= 4 is 17.7 Å². The third kappa shape index (κ3) is 5.43. The molecule has 2 aromatic carbocycles. The molecule has 0 unspecified atom stereocenters. The molecule has 0 radical (unpaired) electrons. The number of amides is 2. The largest absolute Gasteiger partial charge is 0.496 e. The Bertz CT molecular complexity index is 1120. The minimum atomic E-state index is -0.662. The molecule has 8 nitrogen and oxygen atoms in total. The van der Waals surface area contributed by atoms with Crippen LogP contribution in [0.15, 0.2) is 53.7 Å². The summed E-state index contributed by atoms with van der Waals surface area (Å²) in [5.74, 6) is 0.155. The molecule has 0 aliphatic carbocycles. The van der Waals surface area contributed by atoms with Gasteiger partial charge in [0.05, 0.1) is 25.3 Å². The molecule has 2 heterocycles. The highest BCUT2D eigenvalue weighted by molar-refractivity contribution is 5.95. The highest BCUT2D eigenvalue weighted by atomic mass is 16.5. The first-order chi connectivity index (χ1) is 16.9. The van der Waals surface area contributed by atoms with Crippen molar-refractivity contribution in [3.8, 4) is 5.75 Å². The highest BCUT2D eigenvalue weighted by Crippen LogP contribution is 2.34. The molecule has 2 amide bonds. The normalized spacial score (nSPS) is 18.7. The lowest BCUT2D eigenvalue weighted by Crippen LogP contribution is -2.52. The number of rotatable bonds is 7. The zero-order chi connectivity index (χ0) is 24.9. The molecule has 2 aromatic rings. The van der Waals surface area contributed by atoms with Gasteiger partial charge in [-0.15, -0.1) is 0 Å². The number of benzene rings is 2. The summed E-state index contributed by atoms with van der Waals surface area (Å²) >= 11 is 0. The fourth-order valence-electron chi connectivity index (χ4n) is 4.86. The minimum absolute atomic E-state index is 0.247. The van der Waals surface area contributed by atoms with Crippen LogP contribution in [0.5, 0.6) is 5.75 Å². The maximum Gasteiger partial charge on any atom is 0.338 e. The molecular formula is C27H34N4O4. The van der Waals surface area contributed by atoms with Crippen molar-refractivity contribution in [2.24, 2.45) is 0 Å². The third-order valence-electron chi connectivity index (χ3n) is 6.55. The fraction of sp³-hybridized carbons (Fsp3) is 0.407. The van der Waals surface area contributed by atoms with E-state index in [2.05, 4.69) is 52.5 Å². The molecule has 1 saturated heterocycles. The predicted octanol–water partition coefficient (Wildman–Crippen LogP) is 3.31. The van der Waals surface area contributed by atoms with Crippen LogP contribution < -0.4 is 20.3 Å². The van der Waals surface area contributed by atoms with Crippen molar-refractivity contribution in [2.75, 3.05) is 51.3 Å². The number of nitrogens with zero attached hydrogens (tertiary/aromatic N) is 2. The van der Waals surface area contributed by atoms with Crippen LogP contribution in [0, 0.1) is 13.8 Å². The number of nitrogens with one attached hydrogen (secondary N) is 2. The van der Waals surface area contributed by atoms with Gasteiger partial charge < -0.3 is 25.0 Å². The molecule has 35 heavy (non-hydrogen) atoms. The minimum Gasteiger partial charge on any atom is -0.496 e. The number of para-hydroxylation sites is 1. The lowest BCUT2D eigenvalue weighted by Gasteiger charge is -2.38. The average molecular weight is 479 g/mol. The number of urea groups is 1. The van der Waals surface area contributed by atoms with E-state index in [1.165, 1.54) is 16.8 Å². The second kappa shape index (κ2) is 10.8. The Labute approximate surface area is 206 Å². The van der Waals surface area contributed by atoms with Gasteiger partial charge in [0.2, 0.25) is 0 Å². The van der Waals surface area contributed by atoms with Crippen molar-refractivity contribution in [1.82, 2.24) is 15.5 Å². The van der Waals surface area contributed by atoms with Crippen LogP contribution in [-0.2, 0) is 9.53 Å². The number of hydrogen-bond acceptors (Lipinski definition) is 6. The van der Waals surface area contributed by atoms with E-state index in [1.54, 1.807) is 14.0 Å². The summed E-state index contributed by atoms with van der Waals surface area (Å²) < 4.78 is 10.9. The quantitative estimate of drug-likeness (QED) is 0.594. The molecular weight excluding hydrogens is 444 g/mol. The summed E-state index contributed by atoms with van der Waals surface area (Å²) in [5, 5.41) is 5.77. The van der Waals surface area contributed by atoms with Crippen molar-refractivity contribution in [1.29, 1.82) is 0 Å². The summed E-state index contributed by atoms with van der Waals surface area (Å²) in [4.78, 5) is 30.4. The van der Waals surface area contributed by atoms with E-state index in [-0.39, 0.29) is 12.6 Å². The Hall–Kier alpha value is -3.52. The first kappa shape index (κ1) is 24.6. The molecule has 186 valence electrons. The van der Waals surface area contributed by atoms with E-state index in [1.807, 2.05) is 24.3 Å². The molecule has 1 atom stereocenters. The zero-order valence-corrected chi connectivity index (χ0v) is 20.9. The first-order valence-corrected chi connectivity index (χ1v) is 12.1. The summed E-state index contributed by atoms with van der Waals surface area (Å²) in [6.07, 6.45) is 0. The van der Waals surface area contributed by atoms with Crippen molar-refractivity contribution in [3.05, 3.63) is 70.4 Å². The summed E-state index contributed by atoms with van der Waals surface area (Å²) in [5.41, 5.74) is 5.49. The van der Waals surface area contributed by atoms with E-state index >= 15 is 0 Å². The van der Waals surface area contributed by atoms with Crippen LogP contribution in [0.25, 0.3) is 0 Å². The molecule has 4 rings (SSSR count). The van der Waals surface area contributed by atoms with E-state index in [0.29, 0.717) is 29.1 Å². The predicted molar refractivity (Wildman–Crippen MR) is 136 cm³/mol. The summed E-state index contributed by atoms with van der Waals surface area (Å²) in [6, 6.07) is 12.9. The molecule has 1 fully saturated rings. The second-order valence-electron chi connectivity index (χ2n) is 8.94. The first-order valence-electron chi connectivity index (χ1n) is 12.1. The molecule has 0 spiro atoms. The maximum atomic E-state index is 13.1. The Balaban J connectivity index is 1.58. The van der Waals surface area contributed by atoms with Crippen LogP contribution in [0.4, 0.5) is 10.5 Å². The van der Waals surface area contributed by atoms with Gasteiger partial charge in [-0.1, -0.05) is 35.9 Å². The van der Waals surface area contributed by atoms with Crippen molar-refractivity contribution < 1.29 is 19.1 Å². The maximum absolute atomic E-state index is 13.1. The number of hydrogen-bond donors (Lipinski definition) is 2. The molecule has 0 aromatic heterocycles. The summed E-state index contributed by atoms with van der Waals surface area (Å²) in [7, 11) is 1.58. The number of anilines is 1. The number of aryl methyl sites for hydroxylation is 2. The second-order valence-corrected chi connectivity index (χ2v) is 8.94. The Kier molecular flexibility index (Phi) is 7.60. The van der Waals surface area contributed by atoms with Gasteiger partial charge in [0, 0.05) is 49.7 Å². The van der Waals surface area contributed by atoms with Crippen molar-refractivity contribution in [3.63, 3.8) is 0 Å². The van der Waals surface area contributed by atoms with Gasteiger partial charge >= 0.3 is 12.0 Å². The van der Waals surface area contributed by atoms with Crippen LogP contribution in [0.3, 0.4) is 0 Å². The van der Waals surface area contributed by atoms with E-state index in [9.17, 15) is 9.59 Å². The molecule has 2 aliphatic rings. The molecule has 2 aliphatic heterocycles. The third-order valence-corrected chi connectivity index (χ3v) is 6.55. The Morgan fingerprint density at radius 1 is 1.09 bits per heavy atom. The lowest BCUT2D eigenvalue weighted by molar-refractivity contribution is -0.139. The Morgan fingerprint density at radius 3 is 2.51 bits per heavy atom. The van der Waals surface area contributed by atoms with Gasteiger partial charge in [0.25, 0.3) is 0 Å². The molecule has 0 bridgehead atoms. The topological polar surface area (TPSA) is 83.1 Å². The standard InChI is InChI=1S/C27H34N4O4/c1-5-35-26(32)24-21(28-27(33)29-25(24)20-8-6-7-9-23(20)34-4)17-30-12-14-31(15-13-30)22-11-10-18(2)16-19(22)3/h6-11,16,25H,5,12-15,17H2,1-4H3,(H2,28,29,33)/t25-/m0/s1. The number of carbonyl (C=O) groups is 2. The lowest BCUT2D eigenvalue weighted by atomic mass is 9.94. The summed E-state index contributed by atoms with van der Waals surface area (Å²) in [6.45, 7) is 10.1. The van der Waals surface area contributed by atoms with Gasteiger partial charge in [-0.3, -0.25) is 4.90 Å². The SMILES string of the molecule is CCOC(=O)C1=C(CN2CCN(c3ccc(C)cc3C)CC2)NC(=O)N[C@H]1c1ccccc1OC. The van der Waals surface area contributed by atoms with E-state index in [4.69, 9.17) is 9.47 Å². The monoisotopic (exact) mass is 478 g/mol. The smallest absolute Gasteiger partial charge is 0.338 e. The number of carbonyl (C=O) groups excluding carboxylic acids is 2. The van der Waals surface area contributed by atoms with Crippen LogP contribution >= 0.6 is 0 Å². The van der Waals surface area contributed by atoms with Gasteiger partial charge in [-0.25, -0.2) is 9.59 Å². The van der Waals surface area contributed by atoms with E-state index < -0.39 is 12.0 Å². The van der Waals surface area contributed by atoms with Crippen LogP contribution in [0.2, 0.25) is 0 Å². The van der Waals surface area contributed by atoms with Gasteiger partial charge in [0.1, 0.15) is 5.75 Å². The van der Waals surface area contributed by atoms with E-state index in [0.717, 1.165) is 26.2 Å². The number of esters is 1.